The third-order valence-electron chi connectivity index (χ3n) is 3.89. The Morgan fingerprint density at radius 3 is 2.28 bits per heavy atom. The fourth-order valence-corrected chi connectivity index (χ4v) is 2.74. The van der Waals surface area contributed by atoms with E-state index in [-0.39, 0.29) is 5.91 Å². The Morgan fingerprint density at radius 1 is 1.04 bits per heavy atom. The lowest BCUT2D eigenvalue weighted by Crippen LogP contribution is -2.42. The Bertz CT molecular complexity index is 683. The van der Waals surface area contributed by atoms with Gasteiger partial charge in [0.1, 0.15) is 5.75 Å². The largest absolute Gasteiger partial charge is 0.493 e. The minimum atomic E-state index is -0.201. The SMILES string of the molecule is CCN(CC)C(=S)NC(=O)c1ccc(OCCc2ccccc2)cc1. The Labute approximate surface area is 154 Å². The van der Waals surface area contributed by atoms with Crippen LogP contribution in [-0.4, -0.2) is 35.6 Å². The van der Waals surface area contributed by atoms with Crippen LogP contribution in [0.1, 0.15) is 29.8 Å². The van der Waals surface area contributed by atoms with E-state index in [0.717, 1.165) is 25.3 Å². The fourth-order valence-electron chi connectivity index (χ4n) is 2.39. The zero-order chi connectivity index (χ0) is 18.1. The van der Waals surface area contributed by atoms with Crippen LogP contribution in [0.2, 0.25) is 0 Å². The molecule has 1 N–H and O–H groups in total. The molecular formula is C20H24N2O2S. The fraction of sp³-hybridized carbons (Fsp3) is 0.300. The van der Waals surface area contributed by atoms with Gasteiger partial charge in [0.2, 0.25) is 0 Å². The van der Waals surface area contributed by atoms with E-state index in [1.165, 1.54) is 5.56 Å². The molecule has 0 aliphatic heterocycles. The molecular weight excluding hydrogens is 332 g/mol. The van der Waals surface area contributed by atoms with Crippen LogP contribution in [0.4, 0.5) is 0 Å². The van der Waals surface area contributed by atoms with Crippen molar-refractivity contribution in [3.63, 3.8) is 0 Å². The third kappa shape index (κ3) is 5.87. The summed E-state index contributed by atoms with van der Waals surface area (Å²) in [6.07, 6.45) is 0.848. The van der Waals surface area contributed by atoms with Crippen molar-refractivity contribution in [3.8, 4) is 5.75 Å². The Kier molecular flexibility index (Phi) is 7.41. The van der Waals surface area contributed by atoms with E-state index >= 15 is 0 Å². The summed E-state index contributed by atoms with van der Waals surface area (Å²) in [6.45, 7) is 6.14. The number of nitrogens with zero attached hydrogens (tertiary/aromatic N) is 1. The molecule has 0 aliphatic rings. The van der Waals surface area contributed by atoms with E-state index in [1.54, 1.807) is 24.3 Å². The summed E-state index contributed by atoms with van der Waals surface area (Å²) in [6, 6.07) is 17.3. The number of carbonyl (C=O) groups excluding carboxylic acids is 1. The Hall–Kier alpha value is -2.40. The molecule has 0 fully saturated rings. The second-order valence-corrected chi connectivity index (χ2v) is 5.93. The molecule has 132 valence electrons. The maximum atomic E-state index is 12.2. The van der Waals surface area contributed by atoms with Crippen molar-refractivity contribution in [2.75, 3.05) is 19.7 Å². The maximum Gasteiger partial charge on any atom is 0.257 e. The average molecular weight is 356 g/mol. The predicted molar refractivity (Wildman–Crippen MR) is 105 cm³/mol. The molecule has 0 bridgehead atoms. The second kappa shape index (κ2) is 9.79. The number of ether oxygens (including phenoxy) is 1. The van der Waals surface area contributed by atoms with Crippen LogP contribution in [0.25, 0.3) is 0 Å². The van der Waals surface area contributed by atoms with Crippen molar-refractivity contribution in [2.24, 2.45) is 0 Å². The van der Waals surface area contributed by atoms with Gasteiger partial charge in [-0.1, -0.05) is 30.3 Å². The van der Waals surface area contributed by atoms with Gasteiger partial charge in [-0.2, -0.15) is 0 Å². The summed E-state index contributed by atoms with van der Waals surface area (Å²) in [5.41, 5.74) is 1.80. The van der Waals surface area contributed by atoms with Crippen LogP contribution in [0.5, 0.6) is 5.75 Å². The normalized spacial score (nSPS) is 10.2. The highest BCUT2D eigenvalue weighted by Gasteiger charge is 2.11. The lowest BCUT2D eigenvalue weighted by Gasteiger charge is -2.21. The van der Waals surface area contributed by atoms with E-state index in [9.17, 15) is 4.79 Å². The van der Waals surface area contributed by atoms with E-state index in [4.69, 9.17) is 17.0 Å². The number of thiocarbonyl (C=S) groups is 1. The quantitative estimate of drug-likeness (QED) is 0.769. The standard InChI is InChI=1S/C20H24N2O2S/c1-3-22(4-2)20(25)21-19(23)17-10-12-18(13-11-17)24-15-14-16-8-6-5-7-9-16/h5-13H,3-4,14-15H2,1-2H3,(H,21,23,25). The number of hydrogen-bond acceptors (Lipinski definition) is 3. The first-order valence-electron chi connectivity index (χ1n) is 8.51. The lowest BCUT2D eigenvalue weighted by atomic mass is 10.2. The minimum Gasteiger partial charge on any atom is -0.493 e. The zero-order valence-electron chi connectivity index (χ0n) is 14.7. The van der Waals surface area contributed by atoms with Crippen LogP contribution < -0.4 is 10.1 Å². The smallest absolute Gasteiger partial charge is 0.257 e. The van der Waals surface area contributed by atoms with Gasteiger partial charge in [-0.25, -0.2) is 0 Å². The molecule has 0 atom stereocenters. The van der Waals surface area contributed by atoms with E-state index < -0.39 is 0 Å². The molecule has 2 aromatic rings. The van der Waals surface area contributed by atoms with Gasteiger partial charge in [0.15, 0.2) is 5.11 Å². The number of hydrogen-bond donors (Lipinski definition) is 1. The highest BCUT2D eigenvalue weighted by molar-refractivity contribution is 7.80. The van der Waals surface area contributed by atoms with Gasteiger partial charge in [0.25, 0.3) is 5.91 Å². The summed E-state index contributed by atoms with van der Waals surface area (Å²) in [4.78, 5) is 14.2. The molecule has 0 aliphatic carbocycles. The highest BCUT2D eigenvalue weighted by atomic mass is 32.1. The van der Waals surface area contributed by atoms with Gasteiger partial charge in [0, 0.05) is 25.1 Å². The molecule has 0 radical (unpaired) electrons. The number of carbonyl (C=O) groups is 1. The van der Waals surface area contributed by atoms with Crippen molar-refractivity contribution >= 4 is 23.2 Å². The number of amides is 1. The van der Waals surface area contributed by atoms with Gasteiger partial charge in [0.05, 0.1) is 6.61 Å². The molecule has 2 aromatic carbocycles. The van der Waals surface area contributed by atoms with Crippen molar-refractivity contribution < 1.29 is 9.53 Å². The topological polar surface area (TPSA) is 41.6 Å². The molecule has 0 saturated heterocycles. The molecule has 0 spiro atoms. The van der Waals surface area contributed by atoms with Crippen LogP contribution in [0, 0.1) is 0 Å². The summed E-state index contributed by atoms with van der Waals surface area (Å²) >= 11 is 5.25. The first-order valence-corrected chi connectivity index (χ1v) is 8.92. The van der Waals surface area contributed by atoms with E-state index in [2.05, 4.69) is 17.4 Å². The summed E-state index contributed by atoms with van der Waals surface area (Å²) < 4.78 is 5.73. The van der Waals surface area contributed by atoms with Gasteiger partial charge in [-0.3, -0.25) is 10.1 Å². The minimum absolute atomic E-state index is 0.201. The molecule has 4 nitrogen and oxygen atoms in total. The number of nitrogens with one attached hydrogen (secondary N) is 1. The van der Waals surface area contributed by atoms with Crippen molar-refractivity contribution in [1.82, 2.24) is 10.2 Å². The monoisotopic (exact) mass is 356 g/mol. The molecule has 0 saturated carbocycles. The van der Waals surface area contributed by atoms with Crippen LogP contribution in [0.15, 0.2) is 54.6 Å². The summed E-state index contributed by atoms with van der Waals surface area (Å²) in [5, 5.41) is 3.22. The molecule has 2 rings (SSSR count). The first-order chi connectivity index (χ1) is 12.1. The number of rotatable bonds is 7. The second-order valence-electron chi connectivity index (χ2n) is 5.54. The first kappa shape index (κ1) is 18.9. The Balaban J connectivity index is 1.84. The number of benzene rings is 2. The van der Waals surface area contributed by atoms with Crippen LogP contribution >= 0.6 is 12.2 Å². The lowest BCUT2D eigenvalue weighted by molar-refractivity contribution is 0.0973. The van der Waals surface area contributed by atoms with Crippen LogP contribution in [0.3, 0.4) is 0 Å². The maximum absolute atomic E-state index is 12.2. The van der Waals surface area contributed by atoms with Gasteiger partial charge >= 0.3 is 0 Å². The summed E-state index contributed by atoms with van der Waals surface area (Å²) in [7, 11) is 0. The average Bonchev–Trinajstić information content (AvgIpc) is 2.64. The highest BCUT2D eigenvalue weighted by Crippen LogP contribution is 2.13. The Morgan fingerprint density at radius 2 is 1.68 bits per heavy atom. The molecule has 0 aromatic heterocycles. The third-order valence-corrected chi connectivity index (χ3v) is 4.25. The molecule has 0 unspecified atom stereocenters. The van der Waals surface area contributed by atoms with Crippen molar-refractivity contribution in [3.05, 3.63) is 65.7 Å². The van der Waals surface area contributed by atoms with Gasteiger partial charge in [-0.15, -0.1) is 0 Å². The zero-order valence-corrected chi connectivity index (χ0v) is 15.5. The van der Waals surface area contributed by atoms with E-state index in [1.807, 2.05) is 36.9 Å². The molecule has 0 heterocycles. The molecule has 25 heavy (non-hydrogen) atoms. The van der Waals surface area contributed by atoms with Crippen molar-refractivity contribution in [1.29, 1.82) is 0 Å². The molecule has 5 heteroatoms. The van der Waals surface area contributed by atoms with Crippen molar-refractivity contribution in [2.45, 2.75) is 20.3 Å². The molecule has 1 amide bonds. The predicted octanol–water partition coefficient (Wildman–Crippen LogP) is 3.66. The summed E-state index contributed by atoms with van der Waals surface area (Å²) in [5.74, 6) is 0.548. The van der Waals surface area contributed by atoms with Crippen LogP contribution in [-0.2, 0) is 6.42 Å². The van der Waals surface area contributed by atoms with Gasteiger partial charge < -0.3 is 9.64 Å². The van der Waals surface area contributed by atoms with Gasteiger partial charge in [-0.05, 0) is 55.9 Å². The van der Waals surface area contributed by atoms with E-state index in [0.29, 0.717) is 17.3 Å².